The minimum absolute atomic E-state index is 0.286. The lowest BCUT2D eigenvalue weighted by Crippen LogP contribution is -2.12. The molecular weight excluding hydrogens is 640 g/mol. The Morgan fingerprint density at radius 1 is 0.917 bits per heavy atom. The first-order valence-corrected chi connectivity index (χ1v) is 17.3. The molecule has 1 aliphatic heterocycles. The summed E-state index contributed by atoms with van der Waals surface area (Å²) in [4.78, 5) is 17.7. The zero-order chi connectivity index (χ0) is 33.2. The van der Waals surface area contributed by atoms with Crippen LogP contribution in [-0.2, 0) is 31.0 Å². The van der Waals surface area contributed by atoms with E-state index < -0.39 is 11.9 Å². The van der Waals surface area contributed by atoms with E-state index in [1.807, 2.05) is 90.8 Å². The molecule has 6 nitrogen and oxygen atoms in total. The number of hydrogen-bond acceptors (Lipinski definition) is 5. The monoisotopic (exact) mass is 674 g/mol. The third kappa shape index (κ3) is 6.53. The van der Waals surface area contributed by atoms with Crippen molar-refractivity contribution >= 4 is 40.2 Å². The number of halogens is 1. The first kappa shape index (κ1) is 31.9. The summed E-state index contributed by atoms with van der Waals surface area (Å²) >= 11 is 8.08. The summed E-state index contributed by atoms with van der Waals surface area (Å²) in [6, 6.07) is 33.9. The van der Waals surface area contributed by atoms with E-state index in [9.17, 15) is 9.90 Å². The first-order chi connectivity index (χ1) is 23.4. The van der Waals surface area contributed by atoms with Crippen LogP contribution in [0.3, 0.4) is 0 Å². The van der Waals surface area contributed by atoms with Crippen molar-refractivity contribution in [3.05, 3.63) is 142 Å². The lowest BCUT2D eigenvalue weighted by Gasteiger charge is -2.22. The Bertz CT molecular complexity index is 2080. The third-order valence-electron chi connectivity index (χ3n) is 8.85. The van der Waals surface area contributed by atoms with Crippen LogP contribution in [0.25, 0.3) is 22.0 Å². The highest BCUT2D eigenvalue weighted by molar-refractivity contribution is 8.00. The third-order valence-corrected chi connectivity index (χ3v) is 10.3. The molecule has 48 heavy (non-hydrogen) atoms. The minimum Gasteiger partial charge on any atom is -0.487 e. The van der Waals surface area contributed by atoms with Crippen molar-refractivity contribution in [2.75, 3.05) is 0 Å². The van der Waals surface area contributed by atoms with Crippen LogP contribution in [0.2, 0.25) is 5.02 Å². The minimum atomic E-state index is -0.887. The van der Waals surface area contributed by atoms with Gasteiger partial charge in [-0.15, -0.1) is 11.8 Å². The van der Waals surface area contributed by atoms with E-state index in [4.69, 9.17) is 26.1 Å². The fourth-order valence-corrected chi connectivity index (χ4v) is 7.74. The molecule has 0 saturated heterocycles. The molecule has 0 bridgehead atoms. The highest BCUT2D eigenvalue weighted by atomic mass is 35.5. The summed E-state index contributed by atoms with van der Waals surface area (Å²) < 4.78 is 15.3. The zero-order valence-electron chi connectivity index (χ0n) is 26.7. The standard InChI is InChI=1S/C40H35ClN2O4S/c1-25-20-33-37(46-23-31-17-14-29(21-42-31)28-8-4-3-5-9-28)19-18-34-38(33)39(48-25)35(43(34)22-27-12-15-30(41)16-13-27)24-47-36-11-7-6-10-32(36)26(2)40(44)45/h3-19,21,25-26H,20,22-24H2,1-2H3,(H,44,45). The zero-order valence-corrected chi connectivity index (χ0v) is 28.3. The van der Waals surface area contributed by atoms with Crippen LogP contribution in [0.5, 0.6) is 11.5 Å². The lowest BCUT2D eigenvalue weighted by molar-refractivity contribution is -0.138. The molecular formula is C40H35ClN2O4S. The maximum atomic E-state index is 11.9. The Kier molecular flexibility index (Phi) is 9.15. The molecule has 3 heterocycles. The molecule has 2 aromatic heterocycles. The first-order valence-electron chi connectivity index (χ1n) is 16.0. The molecule has 0 aliphatic carbocycles. The van der Waals surface area contributed by atoms with Gasteiger partial charge >= 0.3 is 5.97 Å². The normalized spacial score (nSPS) is 14.5. The van der Waals surface area contributed by atoms with Gasteiger partial charge in [-0.05, 0) is 60.9 Å². The molecule has 2 unspecified atom stereocenters. The van der Waals surface area contributed by atoms with Crippen molar-refractivity contribution in [3.8, 4) is 22.6 Å². The maximum absolute atomic E-state index is 11.9. The van der Waals surface area contributed by atoms with Gasteiger partial charge in [0.1, 0.15) is 24.7 Å². The second-order valence-electron chi connectivity index (χ2n) is 12.1. The van der Waals surface area contributed by atoms with Crippen LogP contribution in [-0.4, -0.2) is 25.9 Å². The maximum Gasteiger partial charge on any atom is 0.310 e. The number of nitrogens with zero attached hydrogens (tertiary/aromatic N) is 2. The second-order valence-corrected chi connectivity index (χ2v) is 14.0. The average Bonchev–Trinajstić information content (AvgIpc) is 3.40. The van der Waals surface area contributed by atoms with Gasteiger partial charge in [-0.3, -0.25) is 9.78 Å². The summed E-state index contributed by atoms with van der Waals surface area (Å²) in [5.74, 6) is -0.139. The van der Waals surface area contributed by atoms with Crippen molar-refractivity contribution in [1.82, 2.24) is 9.55 Å². The van der Waals surface area contributed by atoms with Gasteiger partial charge in [0.25, 0.3) is 0 Å². The highest BCUT2D eigenvalue weighted by Crippen LogP contribution is 2.47. The number of thioether (sulfide) groups is 1. The van der Waals surface area contributed by atoms with Gasteiger partial charge in [-0.25, -0.2) is 0 Å². The molecule has 0 amide bonds. The fraction of sp³-hybridized carbons (Fsp3) is 0.200. The molecule has 6 aromatic rings. The number of carboxylic acids is 1. The van der Waals surface area contributed by atoms with E-state index in [1.54, 1.807) is 6.92 Å². The molecule has 1 aliphatic rings. The topological polar surface area (TPSA) is 73.6 Å². The molecule has 0 radical (unpaired) electrons. The smallest absolute Gasteiger partial charge is 0.310 e. The molecule has 0 spiro atoms. The number of hydrogen-bond donors (Lipinski definition) is 1. The van der Waals surface area contributed by atoms with Crippen LogP contribution in [0, 0.1) is 0 Å². The number of ether oxygens (including phenoxy) is 2. The number of rotatable bonds is 11. The predicted molar refractivity (Wildman–Crippen MR) is 192 cm³/mol. The molecule has 0 fully saturated rings. The van der Waals surface area contributed by atoms with Gasteiger partial charge in [0.15, 0.2) is 0 Å². The van der Waals surface area contributed by atoms with E-state index in [-0.39, 0.29) is 6.61 Å². The van der Waals surface area contributed by atoms with Crippen LogP contribution >= 0.6 is 23.4 Å². The van der Waals surface area contributed by atoms with Crippen molar-refractivity contribution in [1.29, 1.82) is 0 Å². The Morgan fingerprint density at radius 3 is 2.42 bits per heavy atom. The molecule has 2 atom stereocenters. The quantitative estimate of drug-likeness (QED) is 0.148. The van der Waals surface area contributed by atoms with Crippen LogP contribution in [0.1, 0.15) is 47.8 Å². The summed E-state index contributed by atoms with van der Waals surface area (Å²) in [7, 11) is 0. The summed E-state index contributed by atoms with van der Waals surface area (Å²) in [6.07, 6.45) is 2.77. The Balaban J connectivity index is 1.24. The van der Waals surface area contributed by atoms with E-state index in [1.165, 1.54) is 15.8 Å². The van der Waals surface area contributed by atoms with Gasteiger partial charge in [-0.1, -0.05) is 85.3 Å². The molecule has 4 aromatic carbocycles. The predicted octanol–water partition coefficient (Wildman–Crippen LogP) is 9.79. The Morgan fingerprint density at radius 2 is 1.67 bits per heavy atom. The van der Waals surface area contributed by atoms with Crippen LogP contribution in [0.15, 0.2) is 114 Å². The number of pyridine rings is 1. The largest absolute Gasteiger partial charge is 0.487 e. The second kappa shape index (κ2) is 13.8. The summed E-state index contributed by atoms with van der Waals surface area (Å²) in [5, 5.41) is 11.9. The lowest BCUT2D eigenvalue weighted by atomic mass is 10.0. The van der Waals surface area contributed by atoms with Crippen molar-refractivity contribution in [2.24, 2.45) is 0 Å². The van der Waals surface area contributed by atoms with Gasteiger partial charge in [-0.2, -0.15) is 0 Å². The van der Waals surface area contributed by atoms with Gasteiger partial charge in [0, 0.05) is 50.0 Å². The number of carboxylic acid groups (broad SMARTS) is 1. The molecule has 0 saturated carbocycles. The molecule has 1 N–H and O–H groups in total. The number of benzene rings is 4. The summed E-state index contributed by atoms with van der Waals surface area (Å²) in [6.45, 7) is 5.21. The van der Waals surface area contributed by atoms with Gasteiger partial charge in [0.2, 0.25) is 0 Å². The number of aromatic nitrogens is 2. The van der Waals surface area contributed by atoms with E-state index in [2.05, 4.69) is 41.8 Å². The Hall–Kier alpha value is -4.72. The van der Waals surface area contributed by atoms with Gasteiger partial charge < -0.3 is 19.1 Å². The highest BCUT2D eigenvalue weighted by Gasteiger charge is 2.29. The van der Waals surface area contributed by atoms with Crippen molar-refractivity contribution in [2.45, 2.75) is 56.1 Å². The van der Waals surface area contributed by atoms with Gasteiger partial charge in [0.05, 0.1) is 22.8 Å². The van der Waals surface area contributed by atoms with Crippen LogP contribution in [0.4, 0.5) is 0 Å². The molecule has 242 valence electrons. The number of aliphatic carboxylic acids is 1. The van der Waals surface area contributed by atoms with E-state index in [0.29, 0.717) is 34.7 Å². The Labute approximate surface area is 289 Å². The average molecular weight is 675 g/mol. The molecule has 8 heteroatoms. The number of para-hydroxylation sites is 1. The summed E-state index contributed by atoms with van der Waals surface area (Å²) in [5.41, 5.74) is 8.19. The van der Waals surface area contributed by atoms with Crippen molar-refractivity contribution < 1.29 is 19.4 Å². The van der Waals surface area contributed by atoms with E-state index >= 15 is 0 Å². The van der Waals surface area contributed by atoms with E-state index in [0.717, 1.165) is 45.8 Å². The number of carbonyl (C=O) groups is 1. The van der Waals surface area contributed by atoms with Crippen molar-refractivity contribution in [3.63, 3.8) is 0 Å². The molecule has 7 rings (SSSR count). The SMILES string of the molecule is CC1Cc2c(OCc3ccc(-c4ccccc4)cn3)ccc3c2c(c(COc2ccccc2C(C)C(=O)O)n3Cc2ccc(Cl)cc2)S1. The fourth-order valence-electron chi connectivity index (χ4n) is 6.31. The van der Waals surface area contributed by atoms with Crippen LogP contribution < -0.4 is 9.47 Å².